The Kier molecular flexibility index (Phi) is 6.62. The summed E-state index contributed by atoms with van der Waals surface area (Å²) in [6.45, 7) is 3.37. The third-order valence-electron chi connectivity index (χ3n) is 3.37. The van der Waals surface area contributed by atoms with Crippen molar-refractivity contribution in [2.24, 2.45) is 5.92 Å². The van der Waals surface area contributed by atoms with E-state index in [0.717, 1.165) is 25.9 Å². The molecular weight excluding hydrogens is 248 g/mol. The van der Waals surface area contributed by atoms with E-state index in [4.69, 9.17) is 9.84 Å². The van der Waals surface area contributed by atoms with Gasteiger partial charge < -0.3 is 20.1 Å². The zero-order chi connectivity index (χ0) is 14.3. The first-order valence-corrected chi connectivity index (χ1v) is 6.84. The third kappa shape index (κ3) is 5.92. The zero-order valence-electron chi connectivity index (χ0n) is 11.7. The second-order valence-corrected chi connectivity index (χ2v) is 5.13. The van der Waals surface area contributed by atoms with E-state index in [1.54, 1.807) is 18.9 Å². The van der Waals surface area contributed by atoms with Gasteiger partial charge in [0.1, 0.15) is 0 Å². The van der Waals surface area contributed by atoms with Gasteiger partial charge in [-0.2, -0.15) is 0 Å². The number of hydrogen-bond donors (Lipinski definition) is 2. The molecule has 2 unspecified atom stereocenters. The van der Waals surface area contributed by atoms with Crippen molar-refractivity contribution in [2.75, 3.05) is 26.7 Å². The molecule has 1 saturated heterocycles. The molecule has 0 saturated carbocycles. The number of nitrogens with one attached hydrogen (secondary N) is 1. The van der Waals surface area contributed by atoms with Gasteiger partial charge in [0.2, 0.25) is 0 Å². The number of carboxylic acids is 1. The number of carbonyl (C=O) groups is 2. The van der Waals surface area contributed by atoms with E-state index in [9.17, 15) is 9.59 Å². The summed E-state index contributed by atoms with van der Waals surface area (Å²) < 4.78 is 5.57. The van der Waals surface area contributed by atoms with Crippen LogP contribution >= 0.6 is 0 Å². The van der Waals surface area contributed by atoms with Crippen LogP contribution in [-0.2, 0) is 9.53 Å². The van der Waals surface area contributed by atoms with Crippen LogP contribution < -0.4 is 5.32 Å². The Bertz CT molecular complexity index is 303. The molecule has 0 radical (unpaired) electrons. The van der Waals surface area contributed by atoms with E-state index in [1.807, 2.05) is 0 Å². The molecule has 2 amide bonds. The van der Waals surface area contributed by atoms with E-state index in [1.165, 1.54) is 0 Å². The molecule has 19 heavy (non-hydrogen) atoms. The van der Waals surface area contributed by atoms with E-state index in [2.05, 4.69) is 5.32 Å². The van der Waals surface area contributed by atoms with Crippen LogP contribution in [0.5, 0.6) is 0 Å². The van der Waals surface area contributed by atoms with Gasteiger partial charge in [0.25, 0.3) is 0 Å². The van der Waals surface area contributed by atoms with Crippen LogP contribution in [0.15, 0.2) is 0 Å². The summed E-state index contributed by atoms with van der Waals surface area (Å²) in [6, 6.07) is -0.174. The molecule has 1 heterocycles. The number of nitrogens with zero attached hydrogens (tertiary/aromatic N) is 1. The number of ether oxygens (including phenoxy) is 1. The monoisotopic (exact) mass is 272 g/mol. The summed E-state index contributed by atoms with van der Waals surface area (Å²) in [7, 11) is 1.73. The normalized spacial score (nSPS) is 20.6. The Morgan fingerprint density at radius 2 is 2.21 bits per heavy atom. The fourth-order valence-corrected chi connectivity index (χ4v) is 1.99. The Balaban J connectivity index is 2.19. The number of hydrogen-bond acceptors (Lipinski definition) is 3. The second kappa shape index (κ2) is 7.99. The van der Waals surface area contributed by atoms with Gasteiger partial charge in [-0.3, -0.25) is 4.79 Å². The number of amides is 2. The minimum absolute atomic E-state index is 0.127. The van der Waals surface area contributed by atoms with Crippen LogP contribution in [0.2, 0.25) is 0 Å². The topological polar surface area (TPSA) is 78.9 Å². The first-order valence-electron chi connectivity index (χ1n) is 6.84. The van der Waals surface area contributed by atoms with Gasteiger partial charge in [-0.25, -0.2) is 4.79 Å². The fraction of sp³-hybridized carbons (Fsp3) is 0.846. The standard InChI is InChI=1S/C13H24N2O4/c1-10(12(16)17)6-7-14-13(18)15(2)9-11-5-3-4-8-19-11/h10-11H,3-9H2,1-2H3,(H,14,18)(H,16,17). The number of urea groups is 1. The van der Waals surface area contributed by atoms with Gasteiger partial charge >= 0.3 is 12.0 Å². The number of rotatable bonds is 6. The van der Waals surface area contributed by atoms with Crippen LogP contribution in [0.1, 0.15) is 32.6 Å². The molecule has 2 atom stereocenters. The molecule has 0 spiro atoms. The summed E-state index contributed by atoms with van der Waals surface area (Å²) in [4.78, 5) is 24.0. The lowest BCUT2D eigenvalue weighted by Crippen LogP contribution is -2.43. The van der Waals surface area contributed by atoms with Crippen molar-refractivity contribution in [3.05, 3.63) is 0 Å². The second-order valence-electron chi connectivity index (χ2n) is 5.13. The lowest BCUT2D eigenvalue weighted by Gasteiger charge is -2.27. The summed E-state index contributed by atoms with van der Waals surface area (Å²) in [5, 5.41) is 11.5. The highest BCUT2D eigenvalue weighted by Gasteiger charge is 2.19. The largest absolute Gasteiger partial charge is 0.481 e. The van der Waals surface area contributed by atoms with Crippen molar-refractivity contribution in [1.29, 1.82) is 0 Å². The third-order valence-corrected chi connectivity index (χ3v) is 3.37. The van der Waals surface area contributed by atoms with Crippen LogP contribution in [0.4, 0.5) is 4.79 Å². The minimum Gasteiger partial charge on any atom is -0.481 e. The average molecular weight is 272 g/mol. The van der Waals surface area contributed by atoms with E-state index in [-0.39, 0.29) is 12.1 Å². The Labute approximate surface area is 114 Å². The average Bonchev–Trinajstić information content (AvgIpc) is 2.39. The van der Waals surface area contributed by atoms with Gasteiger partial charge in [-0.15, -0.1) is 0 Å². The lowest BCUT2D eigenvalue weighted by molar-refractivity contribution is -0.141. The summed E-state index contributed by atoms with van der Waals surface area (Å²) in [5.74, 6) is -1.27. The molecule has 0 bridgehead atoms. The van der Waals surface area contributed by atoms with Gasteiger partial charge in [0.15, 0.2) is 0 Å². The predicted molar refractivity (Wildman–Crippen MR) is 71.0 cm³/mol. The van der Waals surface area contributed by atoms with Crippen molar-refractivity contribution in [3.8, 4) is 0 Å². The first kappa shape index (κ1) is 15.8. The molecule has 1 aliphatic heterocycles. The van der Waals surface area contributed by atoms with E-state index in [0.29, 0.717) is 19.5 Å². The number of likely N-dealkylation sites (N-methyl/N-ethyl adjacent to an activating group) is 1. The molecule has 6 nitrogen and oxygen atoms in total. The molecule has 1 aliphatic rings. The number of carbonyl (C=O) groups excluding carboxylic acids is 1. The summed E-state index contributed by atoms with van der Waals surface area (Å²) in [5.41, 5.74) is 0. The van der Waals surface area contributed by atoms with Crippen molar-refractivity contribution in [3.63, 3.8) is 0 Å². The summed E-state index contributed by atoms with van der Waals surface area (Å²) in [6.07, 6.45) is 3.81. The van der Waals surface area contributed by atoms with Crippen molar-refractivity contribution in [1.82, 2.24) is 10.2 Å². The molecule has 0 aromatic heterocycles. The predicted octanol–water partition coefficient (Wildman–Crippen LogP) is 1.31. The van der Waals surface area contributed by atoms with Crippen LogP contribution in [0, 0.1) is 5.92 Å². The number of carboxylic acid groups (broad SMARTS) is 1. The van der Waals surface area contributed by atoms with Gasteiger partial charge in [0, 0.05) is 26.7 Å². The van der Waals surface area contributed by atoms with Crippen LogP contribution in [0.3, 0.4) is 0 Å². The summed E-state index contributed by atoms with van der Waals surface area (Å²) >= 11 is 0. The highest BCUT2D eigenvalue weighted by molar-refractivity contribution is 5.74. The highest BCUT2D eigenvalue weighted by atomic mass is 16.5. The molecule has 0 aliphatic carbocycles. The van der Waals surface area contributed by atoms with Crippen molar-refractivity contribution in [2.45, 2.75) is 38.7 Å². The molecule has 1 fully saturated rings. The maximum absolute atomic E-state index is 11.8. The number of aliphatic carboxylic acids is 1. The van der Waals surface area contributed by atoms with Gasteiger partial charge in [-0.05, 0) is 25.7 Å². The highest BCUT2D eigenvalue weighted by Crippen LogP contribution is 2.13. The first-order chi connectivity index (χ1) is 9.00. The SMILES string of the molecule is CC(CCNC(=O)N(C)CC1CCCCO1)C(=O)O. The lowest BCUT2D eigenvalue weighted by atomic mass is 10.1. The fourth-order valence-electron chi connectivity index (χ4n) is 1.99. The maximum atomic E-state index is 11.8. The molecular formula is C13H24N2O4. The Morgan fingerprint density at radius 1 is 1.47 bits per heavy atom. The minimum atomic E-state index is -0.835. The molecule has 1 rings (SSSR count). The molecule has 2 N–H and O–H groups in total. The molecule has 110 valence electrons. The van der Waals surface area contributed by atoms with Crippen LogP contribution in [-0.4, -0.2) is 54.9 Å². The molecule has 0 aromatic carbocycles. The Morgan fingerprint density at radius 3 is 2.79 bits per heavy atom. The van der Waals surface area contributed by atoms with Crippen LogP contribution in [0.25, 0.3) is 0 Å². The van der Waals surface area contributed by atoms with Gasteiger partial charge in [0.05, 0.1) is 12.0 Å². The van der Waals surface area contributed by atoms with E-state index >= 15 is 0 Å². The smallest absolute Gasteiger partial charge is 0.317 e. The van der Waals surface area contributed by atoms with Crippen molar-refractivity contribution >= 4 is 12.0 Å². The Hall–Kier alpha value is -1.30. The zero-order valence-corrected chi connectivity index (χ0v) is 11.7. The quantitative estimate of drug-likeness (QED) is 0.764. The maximum Gasteiger partial charge on any atom is 0.317 e. The molecule has 0 aromatic rings. The van der Waals surface area contributed by atoms with Crippen molar-refractivity contribution < 1.29 is 19.4 Å². The molecule has 6 heteroatoms. The van der Waals surface area contributed by atoms with Gasteiger partial charge in [-0.1, -0.05) is 6.92 Å². The van der Waals surface area contributed by atoms with E-state index < -0.39 is 11.9 Å².